The Morgan fingerprint density at radius 2 is 1.83 bits per heavy atom. The van der Waals surface area contributed by atoms with Crippen molar-refractivity contribution >= 4 is 10.2 Å². The summed E-state index contributed by atoms with van der Waals surface area (Å²) in [7, 11) is -4.17. The molecule has 108 valence electrons. The Bertz CT molecular complexity index is 354. The molecule has 0 amide bonds. The molecule has 0 unspecified atom stereocenters. The van der Waals surface area contributed by atoms with Crippen molar-refractivity contribution in [3.8, 4) is 0 Å². The Kier molecular flexibility index (Phi) is 5.34. The SMILES string of the molecule is O=S(=O)(N1CCNCC1)N(CCO)CC(F)(F)F. The Labute approximate surface area is 104 Å². The van der Waals surface area contributed by atoms with E-state index in [1.165, 1.54) is 0 Å². The van der Waals surface area contributed by atoms with E-state index in [-0.39, 0.29) is 17.4 Å². The largest absolute Gasteiger partial charge is 0.402 e. The average Bonchev–Trinajstić information content (AvgIpc) is 2.28. The van der Waals surface area contributed by atoms with Crippen molar-refractivity contribution in [1.82, 2.24) is 13.9 Å². The molecule has 0 spiro atoms. The van der Waals surface area contributed by atoms with Crippen LogP contribution in [0.15, 0.2) is 0 Å². The molecule has 2 N–H and O–H groups in total. The lowest BCUT2D eigenvalue weighted by molar-refractivity contribution is -0.137. The molecule has 0 saturated carbocycles. The predicted octanol–water partition coefficient (Wildman–Crippen LogP) is -1.01. The second-order valence-corrected chi connectivity index (χ2v) is 5.76. The zero-order chi connectivity index (χ0) is 13.8. The monoisotopic (exact) mass is 291 g/mol. The van der Waals surface area contributed by atoms with Gasteiger partial charge in [-0.2, -0.15) is 30.2 Å². The third-order valence-electron chi connectivity index (χ3n) is 2.43. The highest BCUT2D eigenvalue weighted by Gasteiger charge is 2.38. The summed E-state index contributed by atoms with van der Waals surface area (Å²) in [6, 6.07) is 0. The van der Waals surface area contributed by atoms with Gasteiger partial charge in [-0.25, -0.2) is 0 Å². The molecule has 0 aromatic heterocycles. The number of alkyl halides is 3. The number of nitrogens with zero attached hydrogens (tertiary/aromatic N) is 2. The first-order chi connectivity index (χ1) is 8.27. The van der Waals surface area contributed by atoms with Gasteiger partial charge in [0.2, 0.25) is 0 Å². The standard InChI is InChI=1S/C8H16F3N3O3S/c9-8(10,11)7-14(5-6-15)18(16,17)13-3-1-12-2-4-13/h12,15H,1-7H2. The van der Waals surface area contributed by atoms with Crippen LogP contribution in [-0.2, 0) is 10.2 Å². The van der Waals surface area contributed by atoms with Crippen molar-refractivity contribution in [1.29, 1.82) is 0 Å². The molecular formula is C8H16F3N3O3S. The van der Waals surface area contributed by atoms with E-state index in [0.717, 1.165) is 4.31 Å². The van der Waals surface area contributed by atoms with E-state index in [0.29, 0.717) is 13.1 Å². The van der Waals surface area contributed by atoms with Crippen molar-refractivity contribution in [2.24, 2.45) is 0 Å². The maximum atomic E-state index is 12.3. The van der Waals surface area contributed by atoms with Crippen LogP contribution in [0.4, 0.5) is 13.2 Å². The molecule has 1 heterocycles. The lowest BCUT2D eigenvalue weighted by atomic mass is 10.4. The summed E-state index contributed by atoms with van der Waals surface area (Å²) < 4.78 is 62.1. The minimum Gasteiger partial charge on any atom is -0.395 e. The van der Waals surface area contributed by atoms with Crippen LogP contribution < -0.4 is 5.32 Å². The molecule has 6 nitrogen and oxygen atoms in total. The maximum Gasteiger partial charge on any atom is 0.402 e. The number of hydrogen-bond donors (Lipinski definition) is 2. The van der Waals surface area contributed by atoms with E-state index in [1.807, 2.05) is 0 Å². The fraction of sp³-hybridized carbons (Fsp3) is 1.00. The molecule has 0 aliphatic carbocycles. The van der Waals surface area contributed by atoms with Crippen LogP contribution in [0.3, 0.4) is 0 Å². The Balaban J connectivity index is 2.81. The molecule has 0 aromatic carbocycles. The van der Waals surface area contributed by atoms with Crippen LogP contribution in [0.25, 0.3) is 0 Å². The summed E-state index contributed by atoms with van der Waals surface area (Å²) in [5, 5.41) is 11.6. The highest BCUT2D eigenvalue weighted by atomic mass is 32.2. The van der Waals surface area contributed by atoms with Gasteiger partial charge in [0.15, 0.2) is 0 Å². The zero-order valence-corrected chi connectivity index (χ0v) is 10.5. The van der Waals surface area contributed by atoms with Gasteiger partial charge >= 0.3 is 6.18 Å². The second-order valence-electron chi connectivity index (χ2n) is 3.83. The quantitative estimate of drug-likeness (QED) is 0.681. The maximum absolute atomic E-state index is 12.3. The number of aliphatic hydroxyl groups is 1. The van der Waals surface area contributed by atoms with E-state index in [2.05, 4.69) is 5.32 Å². The predicted molar refractivity (Wildman–Crippen MR) is 58.1 cm³/mol. The summed E-state index contributed by atoms with van der Waals surface area (Å²) in [6.07, 6.45) is -4.63. The molecule has 1 aliphatic rings. The van der Waals surface area contributed by atoms with Gasteiger partial charge in [-0.05, 0) is 0 Å². The van der Waals surface area contributed by atoms with Gasteiger partial charge in [-0.15, -0.1) is 0 Å². The number of halogens is 3. The molecule has 1 saturated heterocycles. The first-order valence-electron chi connectivity index (χ1n) is 5.41. The van der Waals surface area contributed by atoms with E-state index in [9.17, 15) is 21.6 Å². The van der Waals surface area contributed by atoms with Gasteiger partial charge in [0, 0.05) is 32.7 Å². The third-order valence-corrected chi connectivity index (χ3v) is 4.42. The van der Waals surface area contributed by atoms with E-state index in [4.69, 9.17) is 5.11 Å². The summed E-state index contributed by atoms with van der Waals surface area (Å²) in [5.41, 5.74) is 0. The third kappa shape index (κ3) is 4.35. The number of aliphatic hydroxyl groups excluding tert-OH is 1. The number of hydrogen-bond acceptors (Lipinski definition) is 4. The summed E-state index contributed by atoms with van der Waals surface area (Å²) in [5.74, 6) is 0. The van der Waals surface area contributed by atoms with Crippen LogP contribution in [0.1, 0.15) is 0 Å². The van der Waals surface area contributed by atoms with Crippen LogP contribution >= 0.6 is 0 Å². The highest BCUT2D eigenvalue weighted by molar-refractivity contribution is 7.86. The smallest absolute Gasteiger partial charge is 0.395 e. The van der Waals surface area contributed by atoms with Crippen molar-refractivity contribution in [2.75, 3.05) is 45.9 Å². The number of piperazine rings is 1. The number of nitrogens with one attached hydrogen (secondary N) is 1. The first-order valence-corrected chi connectivity index (χ1v) is 6.80. The van der Waals surface area contributed by atoms with Crippen molar-refractivity contribution in [3.63, 3.8) is 0 Å². The fourth-order valence-electron chi connectivity index (χ4n) is 1.63. The lowest BCUT2D eigenvalue weighted by Crippen LogP contribution is -2.53. The van der Waals surface area contributed by atoms with E-state index < -0.39 is 36.1 Å². The first kappa shape index (κ1) is 15.6. The minimum absolute atomic E-state index is 0.127. The van der Waals surface area contributed by atoms with Crippen molar-refractivity contribution in [3.05, 3.63) is 0 Å². The molecule has 0 atom stereocenters. The van der Waals surface area contributed by atoms with Gasteiger partial charge in [-0.1, -0.05) is 0 Å². The fourth-order valence-corrected chi connectivity index (χ4v) is 3.22. The van der Waals surface area contributed by atoms with Crippen molar-refractivity contribution in [2.45, 2.75) is 6.18 Å². The molecule has 0 aromatic rings. The Hall–Kier alpha value is -0.420. The molecule has 18 heavy (non-hydrogen) atoms. The Morgan fingerprint density at radius 3 is 2.28 bits per heavy atom. The van der Waals surface area contributed by atoms with Gasteiger partial charge in [0.25, 0.3) is 10.2 Å². The van der Waals surface area contributed by atoms with Crippen LogP contribution in [0.5, 0.6) is 0 Å². The molecule has 10 heteroatoms. The molecule has 1 aliphatic heterocycles. The normalized spacial score (nSPS) is 19.4. The summed E-state index contributed by atoms with van der Waals surface area (Å²) in [4.78, 5) is 0. The summed E-state index contributed by atoms with van der Waals surface area (Å²) in [6.45, 7) is -1.74. The van der Waals surface area contributed by atoms with Gasteiger partial charge in [-0.3, -0.25) is 0 Å². The topological polar surface area (TPSA) is 72.9 Å². The molecule has 0 bridgehead atoms. The molecular weight excluding hydrogens is 275 g/mol. The zero-order valence-electron chi connectivity index (χ0n) is 9.65. The highest BCUT2D eigenvalue weighted by Crippen LogP contribution is 2.20. The van der Waals surface area contributed by atoms with Crippen LogP contribution in [0, 0.1) is 0 Å². The Morgan fingerprint density at radius 1 is 1.28 bits per heavy atom. The van der Waals surface area contributed by atoms with Gasteiger partial charge in [0.05, 0.1) is 6.61 Å². The van der Waals surface area contributed by atoms with Crippen LogP contribution in [0.2, 0.25) is 0 Å². The van der Waals surface area contributed by atoms with E-state index in [1.54, 1.807) is 0 Å². The molecule has 1 fully saturated rings. The molecule has 1 rings (SSSR count). The van der Waals surface area contributed by atoms with Gasteiger partial charge in [0.1, 0.15) is 6.54 Å². The average molecular weight is 291 g/mol. The van der Waals surface area contributed by atoms with Crippen LogP contribution in [-0.4, -0.2) is 74.2 Å². The minimum atomic E-state index is -4.63. The number of rotatable bonds is 5. The second kappa shape index (κ2) is 6.15. The molecule has 0 radical (unpaired) electrons. The van der Waals surface area contributed by atoms with Crippen molar-refractivity contribution < 1.29 is 26.7 Å². The van der Waals surface area contributed by atoms with E-state index >= 15 is 0 Å². The summed E-state index contributed by atoms with van der Waals surface area (Å²) >= 11 is 0. The van der Waals surface area contributed by atoms with Gasteiger partial charge < -0.3 is 10.4 Å². The lowest BCUT2D eigenvalue weighted by Gasteiger charge is -2.32.